The van der Waals surface area contributed by atoms with Crippen LogP contribution >= 0.6 is 0 Å². The van der Waals surface area contributed by atoms with Gasteiger partial charge in [0.2, 0.25) is 0 Å². The summed E-state index contributed by atoms with van der Waals surface area (Å²) in [6.07, 6.45) is 9.81. The number of pyridine rings is 1. The Balaban J connectivity index is 1.67. The highest BCUT2D eigenvalue weighted by atomic mass is 16.1. The first-order valence-electron chi connectivity index (χ1n) is 10.5. The van der Waals surface area contributed by atoms with Gasteiger partial charge in [-0.05, 0) is 47.9 Å². The van der Waals surface area contributed by atoms with Crippen LogP contribution in [0.4, 0.5) is 0 Å². The van der Waals surface area contributed by atoms with Gasteiger partial charge in [0.25, 0.3) is 5.56 Å². The molecule has 1 fully saturated rings. The van der Waals surface area contributed by atoms with Crippen LogP contribution in [0.25, 0.3) is 21.7 Å². The Labute approximate surface area is 174 Å². The quantitative estimate of drug-likeness (QED) is 0.463. The fourth-order valence-corrected chi connectivity index (χ4v) is 4.63. The second-order valence-electron chi connectivity index (χ2n) is 8.07. The van der Waals surface area contributed by atoms with Crippen LogP contribution in [-0.2, 0) is 6.42 Å². The number of nitriles is 1. The highest BCUT2D eigenvalue weighted by Gasteiger charge is 2.19. The van der Waals surface area contributed by atoms with Crippen molar-refractivity contribution < 1.29 is 0 Å². The van der Waals surface area contributed by atoms with E-state index < -0.39 is 0 Å². The van der Waals surface area contributed by atoms with E-state index in [4.69, 9.17) is 10.2 Å². The number of fused-ring (bicyclic) bond motifs is 3. The molecule has 0 bridgehead atoms. The van der Waals surface area contributed by atoms with Gasteiger partial charge in [0, 0.05) is 17.6 Å². The van der Waals surface area contributed by atoms with Gasteiger partial charge in [0.1, 0.15) is 11.8 Å². The lowest BCUT2D eigenvalue weighted by Crippen LogP contribution is -2.26. The molecule has 5 nitrogen and oxygen atoms in total. The fraction of sp³-hybridized carbons (Fsp3) is 0.280. The summed E-state index contributed by atoms with van der Waals surface area (Å²) in [6, 6.07) is 16.1. The van der Waals surface area contributed by atoms with E-state index in [1.807, 2.05) is 34.9 Å². The average Bonchev–Trinajstić information content (AvgIpc) is 2.81. The van der Waals surface area contributed by atoms with Gasteiger partial charge in [-0.1, -0.05) is 49.6 Å². The van der Waals surface area contributed by atoms with E-state index in [9.17, 15) is 4.79 Å². The predicted molar refractivity (Wildman–Crippen MR) is 117 cm³/mol. The van der Waals surface area contributed by atoms with Gasteiger partial charge >= 0.3 is 0 Å². The predicted octanol–water partition coefficient (Wildman–Crippen LogP) is 4.91. The zero-order valence-corrected chi connectivity index (χ0v) is 16.7. The Hall–Kier alpha value is -3.52. The Kier molecular flexibility index (Phi) is 4.76. The van der Waals surface area contributed by atoms with Crippen molar-refractivity contribution in [2.24, 2.45) is 0 Å². The maximum atomic E-state index is 13.4. The lowest BCUT2D eigenvalue weighted by Gasteiger charge is -2.24. The summed E-state index contributed by atoms with van der Waals surface area (Å²) in [5.74, 6) is 0. The topological polar surface area (TPSA) is 71.6 Å². The van der Waals surface area contributed by atoms with Crippen molar-refractivity contribution in [3.05, 3.63) is 82.2 Å². The van der Waals surface area contributed by atoms with Crippen LogP contribution in [0.5, 0.6) is 0 Å². The van der Waals surface area contributed by atoms with E-state index in [1.54, 1.807) is 18.6 Å². The van der Waals surface area contributed by atoms with E-state index in [-0.39, 0.29) is 11.6 Å². The number of hydrogen-bond donors (Lipinski definition) is 0. The van der Waals surface area contributed by atoms with Crippen molar-refractivity contribution in [2.45, 2.75) is 44.6 Å². The van der Waals surface area contributed by atoms with Crippen molar-refractivity contribution in [3.63, 3.8) is 0 Å². The van der Waals surface area contributed by atoms with Crippen molar-refractivity contribution in [3.8, 4) is 6.07 Å². The van der Waals surface area contributed by atoms with Crippen molar-refractivity contribution in [1.29, 1.82) is 5.26 Å². The monoisotopic (exact) mass is 394 g/mol. The summed E-state index contributed by atoms with van der Waals surface area (Å²) in [6.45, 7) is 0. The van der Waals surface area contributed by atoms with Gasteiger partial charge in [-0.3, -0.25) is 9.36 Å². The molecule has 2 heterocycles. The van der Waals surface area contributed by atoms with Gasteiger partial charge in [0.05, 0.1) is 17.2 Å². The first kappa shape index (κ1) is 18.5. The molecule has 0 atom stereocenters. The minimum absolute atomic E-state index is 0.0526. The Morgan fingerprint density at radius 1 is 1.00 bits per heavy atom. The van der Waals surface area contributed by atoms with Gasteiger partial charge in [0.15, 0.2) is 0 Å². The summed E-state index contributed by atoms with van der Waals surface area (Å²) in [7, 11) is 0. The van der Waals surface area contributed by atoms with Crippen LogP contribution in [0.2, 0.25) is 0 Å². The molecule has 30 heavy (non-hydrogen) atoms. The van der Waals surface area contributed by atoms with E-state index in [0.29, 0.717) is 17.5 Å². The first-order valence-corrected chi connectivity index (χ1v) is 10.5. The number of hydrogen-bond acceptors (Lipinski definition) is 4. The average molecular weight is 394 g/mol. The largest absolute Gasteiger partial charge is 0.296 e. The molecule has 5 heteroatoms. The molecule has 1 saturated carbocycles. The van der Waals surface area contributed by atoms with Crippen molar-refractivity contribution in [1.82, 2.24) is 14.5 Å². The third-order valence-corrected chi connectivity index (χ3v) is 6.18. The Bertz CT molecular complexity index is 1330. The number of benzene rings is 2. The molecule has 0 amide bonds. The molecule has 0 saturated heterocycles. The molecule has 1 aliphatic carbocycles. The molecular formula is C25H22N4O. The highest BCUT2D eigenvalue weighted by molar-refractivity contribution is 6.06. The summed E-state index contributed by atoms with van der Waals surface area (Å²) < 4.78 is 1.85. The number of nitrogens with zero attached hydrogens (tertiary/aromatic N) is 4. The number of aromatic nitrogens is 3. The van der Waals surface area contributed by atoms with E-state index in [1.165, 1.54) is 19.3 Å². The SMILES string of the molecule is N#Cc1ccc(Cc2cc3c(=O)n(C4CCCCC4)cnc3c3ccccc23)cn1. The van der Waals surface area contributed by atoms with E-state index in [2.05, 4.69) is 17.1 Å². The van der Waals surface area contributed by atoms with E-state index in [0.717, 1.165) is 40.3 Å². The standard InChI is InChI=1S/C25H22N4O/c26-14-19-11-10-17(15-27-19)12-18-13-23-24(22-9-5-4-8-21(18)22)28-16-29(25(23)30)20-6-2-1-3-7-20/h4-5,8-11,13,15-16,20H,1-3,6-7,12H2. The minimum atomic E-state index is 0.0526. The van der Waals surface area contributed by atoms with Gasteiger partial charge < -0.3 is 0 Å². The zero-order chi connectivity index (χ0) is 20.5. The van der Waals surface area contributed by atoms with Crippen molar-refractivity contribution >= 4 is 21.7 Å². The van der Waals surface area contributed by atoms with Crippen LogP contribution in [0, 0.1) is 11.3 Å². The molecule has 0 radical (unpaired) electrons. The molecule has 0 aliphatic heterocycles. The van der Waals surface area contributed by atoms with Crippen molar-refractivity contribution in [2.75, 3.05) is 0 Å². The maximum absolute atomic E-state index is 13.4. The van der Waals surface area contributed by atoms with Gasteiger partial charge in [-0.2, -0.15) is 5.26 Å². The smallest absolute Gasteiger partial charge is 0.261 e. The molecule has 2 aromatic heterocycles. The fourth-order valence-electron chi connectivity index (χ4n) is 4.63. The second-order valence-corrected chi connectivity index (χ2v) is 8.07. The molecule has 1 aliphatic rings. The summed E-state index contributed by atoms with van der Waals surface area (Å²) in [5.41, 5.74) is 3.31. The molecule has 2 aromatic carbocycles. The molecule has 5 rings (SSSR count). The third-order valence-electron chi connectivity index (χ3n) is 6.18. The first-order chi connectivity index (χ1) is 14.7. The lowest BCUT2D eigenvalue weighted by molar-refractivity contribution is 0.345. The van der Waals surface area contributed by atoms with Gasteiger partial charge in [-0.25, -0.2) is 9.97 Å². The molecule has 0 spiro atoms. The lowest BCUT2D eigenvalue weighted by atomic mass is 9.94. The molecular weight excluding hydrogens is 372 g/mol. The summed E-state index contributed by atoms with van der Waals surface area (Å²) in [5, 5.41) is 11.8. The molecule has 0 N–H and O–H groups in total. The van der Waals surface area contributed by atoms with Crippen LogP contribution in [0.15, 0.2) is 59.8 Å². The minimum Gasteiger partial charge on any atom is -0.296 e. The maximum Gasteiger partial charge on any atom is 0.261 e. The molecule has 148 valence electrons. The highest BCUT2D eigenvalue weighted by Crippen LogP contribution is 2.30. The Morgan fingerprint density at radius 3 is 2.53 bits per heavy atom. The van der Waals surface area contributed by atoms with Crippen LogP contribution in [0.3, 0.4) is 0 Å². The van der Waals surface area contributed by atoms with E-state index >= 15 is 0 Å². The zero-order valence-electron chi connectivity index (χ0n) is 16.7. The van der Waals surface area contributed by atoms with Crippen LogP contribution < -0.4 is 5.56 Å². The summed E-state index contributed by atoms with van der Waals surface area (Å²) >= 11 is 0. The van der Waals surface area contributed by atoms with Crippen LogP contribution in [0.1, 0.15) is 55.0 Å². The van der Waals surface area contributed by atoms with Gasteiger partial charge in [-0.15, -0.1) is 0 Å². The summed E-state index contributed by atoms with van der Waals surface area (Å²) in [4.78, 5) is 22.4. The Morgan fingerprint density at radius 2 is 1.80 bits per heavy atom. The number of rotatable bonds is 3. The molecule has 0 unspecified atom stereocenters. The third kappa shape index (κ3) is 3.25. The normalized spacial score (nSPS) is 14.8. The second kappa shape index (κ2) is 7.72. The molecule has 4 aromatic rings. The van der Waals surface area contributed by atoms with Crippen LogP contribution in [-0.4, -0.2) is 14.5 Å².